The summed E-state index contributed by atoms with van der Waals surface area (Å²) in [6, 6.07) is 50.6. The Balaban J connectivity index is 1.14. The van der Waals surface area contributed by atoms with E-state index in [0.717, 1.165) is 36.8 Å². The van der Waals surface area contributed by atoms with Gasteiger partial charge in [-0.1, -0.05) is 117 Å². The van der Waals surface area contributed by atoms with Gasteiger partial charge in [0.1, 0.15) is 34.5 Å². The summed E-state index contributed by atoms with van der Waals surface area (Å²) >= 11 is 0. The Morgan fingerprint density at radius 2 is 0.717 bits per heavy atom. The van der Waals surface area contributed by atoms with Crippen LogP contribution >= 0.6 is 15.6 Å². The van der Waals surface area contributed by atoms with Crippen molar-refractivity contribution in [3.05, 3.63) is 181 Å². The van der Waals surface area contributed by atoms with Crippen molar-refractivity contribution in [2.45, 2.75) is 38.0 Å². The molecule has 1 aliphatic rings. The van der Waals surface area contributed by atoms with Gasteiger partial charge in [-0.3, -0.25) is 0 Å². The van der Waals surface area contributed by atoms with Crippen LogP contribution in [0.3, 0.4) is 0 Å². The van der Waals surface area contributed by atoms with Crippen molar-refractivity contribution in [2.75, 3.05) is 0 Å². The summed E-state index contributed by atoms with van der Waals surface area (Å²) in [5, 5.41) is 0. The van der Waals surface area contributed by atoms with E-state index in [1.807, 2.05) is 48.5 Å². The quantitative estimate of drug-likeness (QED) is 0.102. The second-order valence-electron chi connectivity index (χ2n) is 13.0. The Labute approximate surface area is 310 Å². The van der Waals surface area contributed by atoms with Crippen molar-refractivity contribution in [3.63, 3.8) is 0 Å². The lowest BCUT2D eigenvalue weighted by atomic mass is 9.62. The van der Waals surface area contributed by atoms with Gasteiger partial charge in [0.2, 0.25) is 0 Å². The van der Waals surface area contributed by atoms with E-state index >= 15 is 0 Å². The molecule has 0 spiro atoms. The molecule has 0 heterocycles. The van der Waals surface area contributed by atoms with Crippen LogP contribution in [0, 0.1) is 5.92 Å². The highest BCUT2D eigenvalue weighted by Gasteiger charge is 2.40. The smallest absolute Gasteiger partial charge is 0.386 e. The summed E-state index contributed by atoms with van der Waals surface area (Å²) in [4.78, 5) is 0. The highest BCUT2D eigenvalue weighted by molar-refractivity contribution is 7.50. The van der Waals surface area contributed by atoms with E-state index in [0.29, 0.717) is 40.4 Å². The van der Waals surface area contributed by atoms with E-state index in [4.69, 9.17) is 27.1 Å². The lowest BCUT2D eigenvalue weighted by Gasteiger charge is -2.41. The number of hydrogen-bond acceptors (Lipinski definition) is 8. The van der Waals surface area contributed by atoms with Crippen LogP contribution in [-0.2, 0) is 14.5 Å². The predicted molar refractivity (Wildman–Crippen MR) is 206 cm³/mol. The van der Waals surface area contributed by atoms with Crippen molar-refractivity contribution in [1.82, 2.24) is 0 Å². The Hall–Kier alpha value is -5.42. The zero-order valence-electron chi connectivity index (χ0n) is 29.2. The molecular formula is C43H40O8P2. The molecule has 1 aliphatic carbocycles. The lowest BCUT2D eigenvalue weighted by Crippen LogP contribution is -2.33. The number of phosphoric acid groups is 2. The van der Waals surface area contributed by atoms with Crippen LogP contribution in [-0.4, -0.2) is 0 Å². The van der Waals surface area contributed by atoms with Gasteiger partial charge in [0, 0.05) is 5.41 Å². The molecule has 0 N–H and O–H groups in total. The highest BCUT2D eigenvalue weighted by Crippen LogP contribution is 2.53. The largest absolute Gasteiger partial charge is 0.647 e. The van der Waals surface area contributed by atoms with Gasteiger partial charge in [-0.2, -0.15) is 9.13 Å². The zero-order chi connectivity index (χ0) is 36.6. The van der Waals surface area contributed by atoms with Gasteiger partial charge < -0.3 is 27.1 Å². The van der Waals surface area contributed by atoms with Crippen molar-refractivity contribution < 1.29 is 36.3 Å². The molecule has 1 fully saturated rings. The first-order chi connectivity index (χ1) is 25.8. The van der Waals surface area contributed by atoms with Crippen LogP contribution in [0.25, 0.3) is 0 Å². The third kappa shape index (κ3) is 9.15. The Morgan fingerprint density at radius 1 is 0.434 bits per heavy atom. The molecule has 6 aromatic rings. The van der Waals surface area contributed by atoms with Gasteiger partial charge in [-0.05, 0) is 103 Å². The normalized spacial score (nSPS) is 15.5. The second-order valence-corrected chi connectivity index (χ2v) is 15.9. The van der Waals surface area contributed by atoms with E-state index in [-0.39, 0.29) is 5.41 Å². The molecule has 1 saturated carbocycles. The monoisotopic (exact) mass is 746 g/mol. The van der Waals surface area contributed by atoms with Gasteiger partial charge in [0.25, 0.3) is 0 Å². The maximum absolute atomic E-state index is 14.1. The van der Waals surface area contributed by atoms with E-state index < -0.39 is 15.6 Å². The minimum atomic E-state index is -4.14. The van der Waals surface area contributed by atoms with Crippen LogP contribution in [0.2, 0.25) is 0 Å². The Morgan fingerprint density at radius 3 is 1.00 bits per heavy atom. The molecule has 0 aliphatic heterocycles. The van der Waals surface area contributed by atoms with Crippen molar-refractivity contribution in [1.29, 1.82) is 0 Å². The summed E-state index contributed by atoms with van der Waals surface area (Å²) in [6.07, 6.45) is 4.04. The standard InChI is InChI=1S/C43H40O8P2/c1-34-15-14-32-43(33-34,35-24-28-41(29-25-35)50-52(44,46-37-16-6-2-7-17-37)47-38-18-8-3-9-19-38)36-26-30-42(31-27-36)51-53(45,48-39-20-10-4-11-21-39)49-40-22-12-5-13-23-40/h2-13,16-31,34H,14-15,32-33H2,1H3. The molecule has 1 atom stereocenters. The van der Waals surface area contributed by atoms with Crippen LogP contribution < -0.4 is 27.1 Å². The van der Waals surface area contributed by atoms with Crippen LogP contribution in [0.4, 0.5) is 0 Å². The summed E-state index contributed by atoms with van der Waals surface area (Å²) in [7, 11) is -8.29. The molecule has 6 aromatic carbocycles. The van der Waals surface area contributed by atoms with Crippen LogP contribution in [0.5, 0.6) is 34.5 Å². The van der Waals surface area contributed by atoms with E-state index in [2.05, 4.69) is 6.92 Å². The average Bonchev–Trinajstić information content (AvgIpc) is 3.16. The van der Waals surface area contributed by atoms with Crippen molar-refractivity contribution in [3.8, 4) is 34.5 Å². The van der Waals surface area contributed by atoms with Gasteiger partial charge >= 0.3 is 15.6 Å². The van der Waals surface area contributed by atoms with E-state index in [1.165, 1.54) is 0 Å². The summed E-state index contributed by atoms with van der Waals surface area (Å²) in [6.45, 7) is 2.28. The number of hydrogen-bond donors (Lipinski definition) is 0. The first-order valence-corrected chi connectivity index (χ1v) is 20.5. The number of phosphoric ester groups is 2. The van der Waals surface area contributed by atoms with Gasteiger partial charge in [0.05, 0.1) is 0 Å². The van der Waals surface area contributed by atoms with Gasteiger partial charge in [0.15, 0.2) is 0 Å². The third-order valence-corrected chi connectivity index (χ3v) is 11.7. The Kier molecular flexibility index (Phi) is 10.9. The molecule has 0 saturated heterocycles. The van der Waals surface area contributed by atoms with E-state index in [1.54, 1.807) is 121 Å². The molecule has 0 bridgehead atoms. The zero-order valence-corrected chi connectivity index (χ0v) is 31.0. The average molecular weight is 747 g/mol. The first-order valence-electron chi connectivity index (χ1n) is 17.6. The summed E-state index contributed by atoms with van der Waals surface area (Å²) < 4.78 is 63.4. The fourth-order valence-corrected chi connectivity index (χ4v) is 9.23. The van der Waals surface area contributed by atoms with Gasteiger partial charge in [-0.15, -0.1) is 0 Å². The molecule has 0 radical (unpaired) electrons. The SMILES string of the molecule is CC1CCCC(c2ccc(OP(=O)(Oc3ccccc3)Oc3ccccc3)cc2)(c2ccc(OP(=O)(Oc3ccccc3)Oc3ccccc3)cc2)C1. The highest BCUT2D eigenvalue weighted by atomic mass is 31.2. The molecule has 7 rings (SSSR count). The molecule has 270 valence electrons. The third-order valence-electron chi connectivity index (χ3n) is 9.09. The summed E-state index contributed by atoms with van der Waals surface area (Å²) in [5.41, 5.74) is 1.88. The first kappa shape index (κ1) is 36.0. The van der Waals surface area contributed by atoms with Gasteiger partial charge in [-0.25, -0.2) is 0 Å². The molecule has 8 nitrogen and oxygen atoms in total. The second kappa shape index (κ2) is 16.1. The van der Waals surface area contributed by atoms with Crippen LogP contribution in [0.1, 0.15) is 43.7 Å². The fraction of sp³-hybridized carbons (Fsp3) is 0.163. The topological polar surface area (TPSA) is 89.5 Å². The minimum Gasteiger partial charge on any atom is -0.386 e. The number of benzene rings is 6. The molecule has 53 heavy (non-hydrogen) atoms. The molecule has 0 aromatic heterocycles. The Bertz CT molecular complexity index is 1910. The maximum atomic E-state index is 14.1. The van der Waals surface area contributed by atoms with Crippen LogP contribution in [0.15, 0.2) is 170 Å². The van der Waals surface area contributed by atoms with E-state index in [9.17, 15) is 9.13 Å². The molecule has 0 amide bonds. The number of rotatable bonds is 14. The predicted octanol–water partition coefficient (Wildman–Crippen LogP) is 12.5. The van der Waals surface area contributed by atoms with Crippen molar-refractivity contribution >= 4 is 15.6 Å². The minimum absolute atomic E-state index is 0.315. The fourth-order valence-electron chi connectivity index (χ4n) is 6.72. The maximum Gasteiger partial charge on any atom is 0.647 e. The summed E-state index contributed by atoms with van der Waals surface area (Å²) in [5.74, 6) is 2.62. The number of para-hydroxylation sites is 4. The molecule has 1 unspecified atom stereocenters. The lowest BCUT2D eigenvalue weighted by molar-refractivity contribution is 0.272. The molecule has 10 heteroatoms. The molecular weight excluding hydrogens is 706 g/mol. The van der Waals surface area contributed by atoms with Crippen molar-refractivity contribution in [2.24, 2.45) is 5.92 Å².